The Bertz CT molecular complexity index is 252. The van der Waals surface area contributed by atoms with Crippen molar-refractivity contribution < 1.29 is 9.63 Å². The molecule has 74 valence electrons. The van der Waals surface area contributed by atoms with Gasteiger partial charge in [0.25, 0.3) is 0 Å². The molecule has 0 aliphatic heterocycles. The van der Waals surface area contributed by atoms with Gasteiger partial charge in [-0.3, -0.25) is 4.79 Å². The minimum Gasteiger partial charge on any atom is -0.373 e. The van der Waals surface area contributed by atoms with E-state index in [1.807, 2.05) is 13.8 Å². The molecule has 0 aromatic heterocycles. The quantitative estimate of drug-likeness (QED) is 0.523. The topological polar surface area (TPSA) is 52.3 Å². The molecule has 0 amide bonds. The third kappa shape index (κ3) is 1.75. The van der Waals surface area contributed by atoms with Crippen molar-refractivity contribution in [2.75, 3.05) is 0 Å². The predicted octanol–water partition coefficient (Wildman–Crippen LogP) is 1.64. The van der Waals surface area contributed by atoms with Crippen molar-refractivity contribution in [2.24, 2.45) is 23.1 Å². The molecule has 3 heteroatoms. The number of rotatable bonds is 2. The van der Waals surface area contributed by atoms with Gasteiger partial charge in [-0.1, -0.05) is 25.5 Å². The second kappa shape index (κ2) is 3.14. The first-order valence-electron chi connectivity index (χ1n) is 4.47. The largest absolute Gasteiger partial charge is 0.373 e. The van der Waals surface area contributed by atoms with Gasteiger partial charge in [-0.25, -0.2) is 0 Å². The van der Waals surface area contributed by atoms with Crippen molar-refractivity contribution in [3.63, 3.8) is 0 Å². The summed E-state index contributed by atoms with van der Waals surface area (Å²) in [7, 11) is 0. The summed E-state index contributed by atoms with van der Waals surface area (Å²) in [5.74, 6) is 4.78. The highest BCUT2D eigenvalue weighted by molar-refractivity contribution is 5.78. The van der Waals surface area contributed by atoms with Crippen LogP contribution in [-0.2, 0) is 9.63 Å². The Labute approximate surface area is 78.9 Å². The Morgan fingerprint density at radius 2 is 2.00 bits per heavy atom. The van der Waals surface area contributed by atoms with Crippen LogP contribution in [0, 0.1) is 17.3 Å². The molecule has 0 bridgehead atoms. The monoisotopic (exact) mass is 183 g/mol. The van der Waals surface area contributed by atoms with Crippen molar-refractivity contribution in [3.8, 4) is 0 Å². The maximum atomic E-state index is 11.2. The molecule has 0 spiro atoms. The van der Waals surface area contributed by atoms with Gasteiger partial charge in [0, 0.05) is 0 Å². The fourth-order valence-corrected chi connectivity index (χ4v) is 1.87. The van der Waals surface area contributed by atoms with E-state index in [0.717, 1.165) is 0 Å². The standard InChI is InChI=1S/C10H17NO2/c1-6(2)5-7-8(9(12)13-11)10(7,3)4/h5,7-8H,11H2,1-4H3. The summed E-state index contributed by atoms with van der Waals surface area (Å²) in [6.45, 7) is 8.16. The van der Waals surface area contributed by atoms with E-state index in [9.17, 15) is 4.79 Å². The summed E-state index contributed by atoms with van der Waals surface area (Å²) < 4.78 is 0. The summed E-state index contributed by atoms with van der Waals surface area (Å²) in [5, 5.41) is 0. The fourth-order valence-electron chi connectivity index (χ4n) is 1.87. The Hall–Kier alpha value is -0.830. The Morgan fingerprint density at radius 3 is 2.38 bits per heavy atom. The molecule has 13 heavy (non-hydrogen) atoms. The summed E-state index contributed by atoms with van der Waals surface area (Å²) >= 11 is 0. The molecule has 0 aromatic carbocycles. The Balaban J connectivity index is 2.72. The highest BCUT2D eigenvalue weighted by Gasteiger charge is 2.61. The van der Waals surface area contributed by atoms with Crippen molar-refractivity contribution in [2.45, 2.75) is 27.7 Å². The summed E-state index contributed by atoms with van der Waals surface area (Å²) in [6.07, 6.45) is 2.11. The van der Waals surface area contributed by atoms with Crippen LogP contribution in [0.5, 0.6) is 0 Å². The van der Waals surface area contributed by atoms with Gasteiger partial charge in [0.2, 0.25) is 0 Å². The zero-order valence-electron chi connectivity index (χ0n) is 8.63. The number of hydrogen-bond acceptors (Lipinski definition) is 3. The molecular weight excluding hydrogens is 166 g/mol. The average molecular weight is 183 g/mol. The van der Waals surface area contributed by atoms with E-state index in [2.05, 4.69) is 24.8 Å². The minimum atomic E-state index is -0.299. The van der Waals surface area contributed by atoms with Gasteiger partial charge in [0.05, 0.1) is 5.92 Å². The lowest BCUT2D eigenvalue weighted by molar-refractivity contribution is -0.146. The lowest BCUT2D eigenvalue weighted by Crippen LogP contribution is -2.14. The van der Waals surface area contributed by atoms with Crippen molar-refractivity contribution in [3.05, 3.63) is 11.6 Å². The molecular formula is C10H17NO2. The maximum Gasteiger partial charge on any atom is 0.328 e. The average Bonchev–Trinajstić information content (AvgIpc) is 2.51. The molecule has 0 aromatic rings. The first-order chi connectivity index (χ1) is 5.91. The minimum absolute atomic E-state index is 0.00766. The summed E-state index contributed by atoms with van der Waals surface area (Å²) in [5.41, 5.74) is 1.23. The van der Waals surface area contributed by atoms with Crippen molar-refractivity contribution in [1.82, 2.24) is 0 Å². The van der Waals surface area contributed by atoms with Crippen LogP contribution in [-0.4, -0.2) is 5.97 Å². The van der Waals surface area contributed by atoms with Crippen molar-refractivity contribution >= 4 is 5.97 Å². The fraction of sp³-hybridized carbons (Fsp3) is 0.700. The number of carbonyl (C=O) groups is 1. The molecule has 2 N–H and O–H groups in total. The van der Waals surface area contributed by atoms with Gasteiger partial charge in [-0.2, -0.15) is 5.90 Å². The normalized spacial score (nSPS) is 29.3. The van der Waals surface area contributed by atoms with E-state index >= 15 is 0 Å². The second-order valence-electron chi connectivity index (χ2n) is 4.51. The van der Waals surface area contributed by atoms with Crippen LogP contribution in [0.25, 0.3) is 0 Å². The number of nitrogens with two attached hydrogens (primary N) is 1. The lowest BCUT2D eigenvalue weighted by atomic mass is 10.1. The van der Waals surface area contributed by atoms with Crippen LogP contribution in [0.4, 0.5) is 0 Å². The first kappa shape index (κ1) is 10.3. The molecule has 3 nitrogen and oxygen atoms in total. The smallest absolute Gasteiger partial charge is 0.328 e. The maximum absolute atomic E-state index is 11.2. The Morgan fingerprint density at radius 1 is 1.46 bits per heavy atom. The molecule has 0 saturated heterocycles. The van der Waals surface area contributed by atoms with E-state index in [1.165, 1.54) is 5.57 Å². The van der Waals surface area contributed by atoms with Gasteiger partial charge in [0.1, 0.15) is 0 Å². The molecule has 2 unspecified atom stereocenters. The van der Waals surface area contributed by atoms with Gasteiger partial charge < -0.3 is 4.84 Å². The van der Waals surface area contributed by atoms with E-state index < -0.39 is 0 Å². The highest BCUT2D eigenvalue weighted by atomic mass is 16.7. The van der Waals surface area contributed by atoms with Gasteiger partial charge in [-0.15, -0.1) is 0 Å². The zero-order valence-corrected chi connectivity index (χ0v) is 8.63. The molecule has 1 aliphatic rings. The zero-order chi connectivity index (χ0) is 10.2. The van der Waals surface area contributed by atoms with Crippen LogP contribution in [0.1, 0.15) is 27.7 Å². The van der Waals surface area contributed by atoms with Gasteiger partial charge >= 0.3 is 5.97 Å². The highest BCUT2D eigenvalue weighted by Crippen LogP contribution is 2.59. The van der Waals surface area contributed by atoms with Crippen LogP contribution in [0.15, 0.2) is 11.6 Å². The summed E-state index contributed by atoms with van der Waals surface area (Å²) in [6, 6.07) is 0. The molecule has 1 aliphatic carbocycles. The lowest BCUT2D eigenvalue weighted by Gasteiger charge is -1.98. The molecule has 0 radical (unpaired) electrons. The summed E-state index contributed by atoms with van der Waals surface area (Å²) in [4.78, 5) is 15.5. The molecule has 1 fully saturated rings. The molecule has 1 rings (SSSR count). The first-order valence-corrected chi connectivity index (χ1v) is 4.47. The molecule has 2 atom stereocenters. The van der Waals surface area contributed by atoms with E-state index in [0.29, 0.717) is 0 Å². The third-order valence-corrected chi connectivity index (χ3v) is 2.79. The van der Waals surface area contributed by atoms with Crippen LogP contribution in [0.3, 0.4) is 0 Å². The van der Waals surface area contributed by atoms with Crippen LogP contribution < -0.4 is 5.90 Å². The van der Waals surface area contributed by atoms with Crippen LogP contribution in [0.2, 0.25) is 0 Å². The van der Waals surface area contributed by atoms with E-state index in [-0.39, 0.29) is 23.2 Å². The van der Waals surface area contributed by atoms with Gasteiger partial charge in [-0.05, 0) is 25.2 Å². The molecule has 0 heterocycles. The SMILES string of the molecule is CC(C)=CC1C(C(=O)ON)C1(C)C. The molecule has 1 saturated carbocycles. The van der Waals surface area contributed by atoms with Crippen LogP contribution >= 0.6 is 0 Å². The number of allylic oxidation sites excluding steroid dienone is 2. The van der Waals surface area contributed by atoms with Gasteiger partial charge in [0.15, 0.2) is 0 Å². The number of hydrogen-bond donors (Lipinski definition) is 1. The number of carbonyl (C=O) groups excluding carboxylic acids is 1. The third-order valence-electron chi connectivity index (χ3n) is 2.79. The second-order valence-corrected chi connectivity index (χ2v) is 4.51. The van der Waals surface area contributed by atoms with E-state index in [4.69, 9.17) is 5.90 Å². The Kier molecular flexibility index (Phi) is 2.48. The van der Waals surface area contributed by atoms with Crippen molar-refractivity contribution in [1.29, 1.82) is 0 Å². The predicted molar refractivity (Wildman–Crippen MR) is 50.5 cm³/mol. The van der Waals surface area contributed by atoms with E-state index in [1.54, 1.807) is 0 Å².